The van der Waals surface area contributed by atoms with E-state index in [-0.39, 0.29) is 11.8 Å². The van der Waals surface area contributed by atoms with E-state index in [1.165, 1.54) is 0 Å². The lowest BCUT2D eigenvalue weighted by molar-refractivity contribution is -0.120. The van der Waals surface area contributed by atoms with Crippen LogP contribution < -0.4 is 15.0 Å². The van der Waals surface area contributed by atoms with Crippen molar-refractivity contribution < 1.29 is 9.53 Å². The number of para-hydroxylation sites is 3. The molecule has 0 atom stereocenters. The number of carbonyl (C=O) groups excluding carboxylic acids is 1. The van der Waals surface area contributed by atoms with Gasteiger partial charge in [-0.2, -0.15) is 5.26 Å². The largest absolute Gasteiger partial charge is 0.455 e. The summed E-state index contributed by atoms with van der Waals surface area (Å²) < 4.78 is 5.94. The van der Waals surface area contributed by atoms with Crippen molar-refractivity contribution in [3.8, 4) is 17.6 Å². The predicted molar refractivity (Wildman–Crippen MR) is 115 cm³/mol. The topological polar surface area (TPSA) is 78.2 Å². The first-order valence-corrected chi connectivity index (χ1v) is 9.97. The third kappa shape index (κ3) is 4.58. The minimum absolute atomic E-state index is 0.00606. The van der Waals surface area contributed by atoms with Gasteiger partial charge in [0.25, 0.3) is 0 Å². The van der Waals surface area contributed by atoms with Gasteiger partial charge < -0.3 is 15.0 Å². The molecule has 1 aliphatic rings. The first kappa shape index (κ1) is 19.5. The second kappa shape index (κ2) is 9.10. The molecule has 2 heterocycles. The summed E-state index contributed by atoms with van der Waals surface area (Å²) in [7, 11) is 0. The number of anilines is 2. The normalized spacial score (nSPS) is 14.0. The number of pyridine rings is 1. The van der Waals surface area contributed by atoms with E-state index < -0.39 is 0 Å². The molecule has 0 spiro atoms. The molecule has 150 valence electrons. The summed E-state index contributed by atoms with van der Waals surface area (Å²) in [5.74, 6) is 2.13. The molecule has 2 aromatic carbocycles. The Bertz CT molecular complexity index is 1040. The van der Waals surface area contributed by atoms with Gasteiger partial charge in [0.1, 0.15) is 17.6 Å². The van der Waals surface area contributed by atoms with Crippen LogP contribution in [0, 0.1) is 17.2 Å². The lowest BCUT2D eigenvalue weighted by Crippen LogP contribution is -2.38. The smallest absolute Gasteiger partial charge is 0.227 e. The minimum Gasteiger partial charge on any atom is -0.455 e. The van der Waals surface area contributed by atoms with Crippen LogP contribution >= 0.6 is 0 Å². The molecule has 0 radical (unpaired) electrons. The minimum atomic E-state index is -0.0654. The van der Waals surface area contributed by atoms with E-state index in [9.17, 15) is 4.79 Å². The Balaban J connectivity index is 1.37. The van der Waals surface area contributed by atoms with Gasteiger partial charge in [0.15, 0.2) is 5.75 Å². The van der Waals surface area contributed by atoms with Crippen molar-refractivity contribution in [1.29, 1.82) is 5.26 Å². The predicted octanol–water partition coefficient (Wildman–Crippen LogP) is 4.60. The summed E-state index contributed by atoms with van der Waals surface area (Å²) in [6.45, 7) is 1.50. The molecule has 1 amide bonds. The van der Waals surface area contributed by atoms with Crippen LogP contribution in [0.5, 0.6) is 11.5 Å². The number of nitriles is 1. The maximum absolute atomic E-state index is 12.9. The van der Waals surface area contributed by atoms with E-state index in [1.807, 2.05) is 60.7 Å². The van der Waals surface area contributed by atoms with E-state index in [1.54, 1.807) is 12.3 Å². The number of benzene rings is 2. The molecule has 1 aromatic heterocycles. The molecule has 3 aromatic rings. The summed E-state index contributed by atoms with van der Waals surface area (Å²) in [4.78, 5) is 19.4. The first-order chi connectivity index (χ1) is 14.7. The van der Waals surface area contributed by atoms with Crippen molar-refractivity contribution in [3.05, 3.63) is 78.5 Å². The van der Waals surface area contributed by atoms with Gasteiger partial charge in [-0.15, -0.1) is 0 Å². The quantitative estimate of drug-likeness (QED) is 0.679. The third-order valence-electron chi connectivity index (χ3n) is 5.18. The Morgan fingerprint density at radius 1 is 1.03 bits per heavy atom. The highest BCUT2D eigenvalue weighted by Crippen LogP contribution is 2.30. The van der Waals surface area contributed by atoms with Gasteiger partial charge in [-0.3, -0.25) is 4.79 Å². The van der Waals surface area contributed by atoms with Gasteiger partial charge in [0.05, 0.1) is 11.3 Å². The third-order valence-corrected chi connectivity index (χ3v) is 5.18. The number of ether oxygens (including phenoxy) is 1. The maximum Gasteiger partial charge on any atom is 0.227 e. The maximum atomic E-state index is 12.9. The van der Waals surface area contributed by atoms with Gasteiger partial charge in [-0.25, -0.2) is 4.98 Å². The van der Waals surface area contributed by atoms with Gasteiger partial charge in [-0.1, -0.05) is 30.3 Å². The Labute approximate surface area is 175 Å². The molecule has 6 nitrogen and oxygen atoms in total. The molecular weight excluding hydrogens is 376 g/mol. The van der Waals surface area contributed by atoms with E-state index >= 15 is 0 Å². The molecule has 0 bridgehead atoms. The Morgan fingerprint density at radius 3 is 2.47 bits per heavy atom. The highest BCUT2D eigenvalue weighted by molar-refractivity contribution is 5.94. The molecule has 30 heavy (non-hydrogen) atoms. The number of amides is 1. The molecule has 1 fully saturated rings. The van der Waals surface area contributed by atoms with Crippen molar-refractivity contribution in [2.24, 2.45) is 5.92 Å². The summed E-state index contributed by atoms with van der Waals surface area (Å²) in [6.07, 6.45) is 3.07. The summed E-state index contributed by atoms with van der Waals surface area (Å²) in [5, 5.41) is 11.9. The zero-order valence-corrected chi connectivity index (χ0v) is 16.5. The summed E-state index contributed by atoms with van der Waals surface area (Å²) in [6, 6.07) is 22.7. The van der Waals surface area contributed by atoms with Gasteiger partial charge in [0.2, 0.25) is 5.91 Å². The van der Waals surface area contributed by atoms with Crippen molar-refractivity contribution >= 4 is 17.4 Å². The molecule has 0 aliphatic carbocycles. The average molecular weight is 398 g/mol. The van der Waals surface area contributed by atoms with Gasteiger partial charge in [-0.05, 0) is 49.2 Å². The highest BCUT2D eigenvalue weighted by Gasteiger charge is 2.26. The van der Waals surface area contributed by atoms with Gasteiger partial charge >= 0.3 is 0 Å². The van der Waals surface area contributed by atoms with E-state index in [4.69, 9.17) is 10.00 Å². The molecule has 6 heteroatoms. The summed E-state index contributed by atoms with van der Waals surface area (Å²) in [5.41, 5.74) is 1.21. The molecular formula is C24H22N4O2. The van der Waals surface area contributed by atoms with Crippen LogP contribution in [-0.4, -0.2) is 24.0 Å². The number of nitrogens with zero attached hydrogens (tertiary/aromatic N) is 3. The van der Waals surface area contributed by atoms with E-state index in [2.05, 4.69) is 21.3 Å². The molecule has 0 saturated carbocycles. The SMILES string of the molecule is N#Cc1ccc(N2CCC(C(=O)Nc3ccccc3Oc3ccccc3)CC2)nc1. The Hall–Kier alpha value is -3.85. The van der Waals surface area contributed by atoms with Crippen LogP contribution in [0.2, 0.25) is 0 Å². The number of piperidine rings is 1. The Morgan fingerprint density at radius 2 is 1.77 bits per heavy atom. The number of rotatable bonds is 5. The number of hydrogen-bond acceptors (Lipinski definition) is 5. The lowest BCUT2D eigenvalue weighted by atomic mass is 9.95. The fourth-order valence-corrected chi connectivity index (χ4v) is 3.52. The Kier molecular flexibility index (Phi) is 5.90. The molecule has 1 N–H and O–H groups in total. The summed E-state index contributed by atoms with van der Waals surface area (Å²) >= 11 is 0. The van der Waals surface area contributed by atoms with Crippen LogP contribution in [0.1, 0.15) is 18.4 Å². The van der Waals surface area contributed by atoms with Crippen LogP contribution in [0.15, 0.2) is 72.9 Å². The highest BCUT2D eigenvalue weighted by atomic mass is 16.5. The number of aromatic nitrogens is 1. The zero-order valence-electron chi connectivity index (χ0n) is 16.5. The molecule has 0 unspecified atom stereocenters. The standard InChI is InChI=1S/C24H22N4O2/c25-16-18-10-11-23(26-17-18)28-14-12-19(13-15-28)24(29)27-21-8-4-5-9-22(21)30-20-6-2-1-3-7-20/h1-11,17,19H,12-15H2,(H,27,29). The lowest BCUT2D eigenvalue weighted by Gasteiger charge is -2.32. The van der Waals surface area contributed by atoms with Gasteiger partial charge in [0, 0.05) is 25.2 Å². The van der Waals surface area contributed by atoms with Crippen molar-refractivity contribution in [1.82, 2.24) is 4.98 Å². The fraction of sp³-hybridized carbons (Fsp3) is 0.208. The van der Waals surface area contributed by atoms with Crippen LogP contribution in [0.25, 0.3) is 0 Å². The molecule has 1 aliphatic heterocycles. The van der Waals surface area contributed by atoms with Crippen molar-refractivity contribution in [2.45, 2.75) is 12.8 Å². The van der Waals surface area contributed by atoms with Crippen LogP contribution in [0.4, 0.5) is 11.5 Å². The average Bonchev–Trinajstić information content (AvgIpc) is 2.81. The number of carbonyl (C=O) groups is 1. The van der Waals surface area contributed by atoms with E-state index in [0.717, 1.165) is 37.5 Å². The monoisotopic (exact) mass is 398 g/mol. The number of hydrogen-bond donors (Lipinski definition) is 1. The van der Waals surface area contributed by atoms with E-state index in [0.29, 0.717) is 17.0 Å². The van der Waals surface area contributed by atoms with Crippen molar-refractivity contribution in [3.63, 3.8) is 0 Å². The second-order valence-electron chi connectivity index (χ2n) is 7.18. The van der Waals surface area contributed by atoms with Crippen LogP contribution in [-0.2, 0) is 4.79 Å². The second-order valence-corrected chi connectivity index (χ2v) is 7.18. The van der Waals surface area contributed by atoms with Crippen molar-refractivity contribution in [2.75, 3.05) is 23.3 Å². The van der Waals surface area contributed by atoms with Crippen LogP contribution in [0.3, 0.4) is 0 Å². The first-order valence-electron chi connectivity index (χ1n) is 9.97. The fourth-order valence-electron chi connectivity index (χ4n) is 3.52. The molecule has 1 saturated heterocycles. The zero-order chi connectivity index (χ0) is 20.8. The molecule has 4 rings (SSSR count). The number of nitrogens with one attached hydrogen (secondary N) is 1.